The first kappa shape index (κ1) is 12.4. The van der Waals surface area contributed by atoms with Gasteiger partial charge < -0.3 is 5.32 Å². The van der Waals surface area contributed by atoms with E-state index in [0.29, 0.717) is 11.4 Å². The van der Waals surface area contributed by atoms with Crippen LogP contribution < -0.4 is 5.32 Å². The number of hydrogen-bond donors (Lipinski definition) is 1. The molecule has 1 N–H and O–H groups in total. The monoisotopic (exact) mass is 254 g/mol. The molecule has 1 aromatic rings. The van der Waals surface area contributed by atoms with Gasteiger partial charge in [0.1, 0.15) is 0 Å². The van der Waals surface area contributed by atoms with Gasteiger partial charge in [-0.2, -0.15) is 0 Å². The quantitative estimate of drug-likeness (QED) is 0.889. The molecule has 5 heteroatoms. The van der Waals surface area contributed by atoms with Gasteiger partial charge in [-0.15, -0.1) is 0 Å². The van der Waals surface area contributed by atoms with Gasteiger partial charge >= 0.3 is 0 Å². The molecule has 1 aliphatic rings. The summed E-state index contributed by atoms with van der Waals surface area (Å²) >= 11 is 0. The van der Waals surface area contributed by atoms with E-state index < -0.39 is 10.0 Å². The maximum atomic E-state index is 12.2. The van der Waals surface area contributed by atoms with E-state index in [2.05, 4.69) is 5.32 Å². The van der Waals surface area contributed by atoms with Crippen LogP contribution in [0.2, 0.25) is 0 Å². The lowest BCUT2D eigenvalue weighted by atomic mass is 10.2. The average molecular weight is 254 g/mol. The third-order valence-corrected chi connectivity index (χ3v) is 4.89. The van der Waals surface area contributed by atoms with Crippen molar-refractivity contribution in [2.24, 2.45) is 0 Å². The van der Waals surface area contributed by atoms with Crippen LogP contribution in [0.25, 0.3) is 0 Å². The van der Waals surface area contributed by atoms with Gasteiger partial charge in [0.25, 0.3) is 0 Å². The van der Waals surface area contributed by atoms with Crippen LogP contribution in [0.15, 0.2) is 23.1 Å². The third-order valence-electron chi connectivity index (χ3n) is 3.04. The van der Waals surface area contributed by atoms with Gasteiger partial charge in [-0.05, 0) is 30.5 Å². The smallest absolute Gasteiger partial charge is 0.242 e. The van der Waals surface area contributed by atoms with Crippen LogP contribution >= 0.6 is 0 Å². The lowest BCUT2D eigenvalue weighted by molar-refractivity contribution is 0.468. The molecule has 94 valence electrons. The Labute approximate surface area is 103 Å². The Bertz CT molecular complexity index is 511. The van der Waals surface area contributed by atoms with Crippen molar-refractivity contribution in [3.63, 3.8) is 0 Å². The highest BCUT2D eigenvalue weighted by Crippen LogP contribution is 2.26. The van der Waals surface area contributed by atoms with Gasteiger partial charge in [-0.1, -0.05) is 13.0 Å². The Morgan fingerprint density at radius 2 is 2.18 bits per heavy atom. The Balaban J connectivity index is 2.34. The number of nitrogens with one attached hydrogen (secondary N) is 1. The molecule has 2 rings (SSSR count). The summed E-state index contributed by atoms with van der Waals surface area (Å²) in [4.78, 5) is 0.376. The first-order valence-corrected chi connectivity index (χ1v) is 7.33. The summed E-state index contributed by atoms with van der Waals surface area (Å²) in [6, 6.07) is 5.35. The molecule has 1 aliphatic heterocycles. The largest absolute Gasteiger partial charge is 0.384 e. The summed E-state index contributed by atoms with van der Waals surface area (Å²) in [6.07, 6.45) is 1.79. The third kappa shape index (κ3) is 2.30. The van der Waals surface area contributed by atoms with E-state index in [1.165, 1.54) is 9.87 Å². The second-order valence-electron chi connectivity index (χ2n) is 4.32. The van der Waals surface area contributed by atoms with E-state index in [9.17, 15) is 8.42 Å². The van der Waals surface area contributed by atoms with E-state index in [-0.39, 0.29) is 0 Å². The fourth-order valence-electron chi connectivity index (χ4n) is 2.05. The zero-order valence-corrected chi connectivity index (χ0v) is 11.0. The molecule has 4 nitrogen and oxygen atoms in total. The number of anilines is 1. The maximum Gasteiger partial charge on any atom is 0.242 e. The summed E-state index contributed by atoms with van der Waals surface area (Å²) in [5, 5.41) is 3.20. The van der Waals surface area contributed by atoms with Crippen LogP contribution in [0.3, 0.4) is 0 Å². The van der Waals surface area contributed by atoms with E-state index in [1.54, 1.807) is 19.2 Å². The van der Waals surface area contributed by atoms with Crippen LogP contribution in [0, 0.1) is 0 Å². The highest BCUT2D eigenvalue weighted by molar-refractivity contribution is 7.89. The van der Waals surface area contributed by atoms with E-state index in [1.807, 2.05) is 13.0 Å². The Hall–Kier alpha value is -1.07. The van der Waals surface area contributed by atoms with Crippen LogP contribution in [-0.2, 0) is 16.4 Å². The molecule has 0 radical (unpaired) electrons. The summed E-state index contributed by atoms with van der Waals surface area (Å²) in [5.74, 6) is 0. The highest BCUT2D eigenvalue weighted by atomic mass is 32.2. The van der Waals surface area contributed by atoms with Crippen molar-refractivity contribution in [3.8, 4) is 0 Å². The second kappa shape index (κ2) is 4.66. The lowest BCUT2D eigenvalue weighted by Gasteiger charge is -2.16. The molecular formula is C12H18N2O2S. The van der Waals surface area contributed by atoms with E-state index >= 15 is 0 Å². The lowest BCUT2D eigenvalue weighted by Crippen LogP contribution is -2.27. The normalized spacial score (nSPS) is 14.8. The Kier molecular flexibility index (Phi) is 3.40. The van der Waals surface area contributed by atoms with Crippen molar-refractivity contribution in [2.45, 2.75) is 24.7 Å². The summed E-state index contributed by atoms with van der Waals surface area (Å²) < 4.78 is 25.8. The zero-order chi connectivity index (χ0) is 12.5. The summed E-state index contributed by atoms with van der Waals surface area (Å²) in [7, 11) is -1.70. The number of rotatable bonds is 4. The molecule has 17 heavy (non-hydrogen) atoms. The SMILES string of the molecule is CCCN(C)S(=O)(=O)c1ccc2c(c1)NCC2. The van der Waals surface area contributed by atoms with E-state index in [4.69, 9.17) is 0 Å². The van der Waals surface area contributed by atoms with Gasteiger partial charge in [0.15, 0.2) is 0 Å². The number of nitrogens with zero attached hydrogens (tertiary/aromatic N) is 1. The van der Waals surface area contributed by atoms with Gasteiger partial charge in [0.05, 0.1) is 4.90 Å². The molecule has 0 saturated heterocycles. The van der Waals surface area contributed by atoms with Crippen molar-refractivity contribution in [1.82, 2.24) is 4.31 Å². The Morgan fingerprint density at radius 3 is 2.88 bits per heavy atom. The minimum Gasteiger partial charge on any atom is -0.384 e. The van der Waals surface area contributed by atoms with Gasteiger partial charge in [0, 0.05) is 25.8 Å². The first-order chi connectivity index (χ1) is 8.05. The molecule has 0 atom stereocenters. The first-order valence-electron chi connectivity index (χ1n) is 5.89. The highest BCUT2D eigenvalue weighted by Gasteiger charge is 2.22. The maximum absolute atomic E-state index is 12.2. The number of sulfonamides is 1. The standard InChI is InChI=1S/C12H18N2O2S/c1-3-8-14(2)17(15,16)11-5-4-10-6-7-13-12(10)9-11/h4-5,9,13H,3,6-8H2,1-2H3. The van der Waals surface area contributed by atoms with Crippen molar-refractivity contribution < 1.29 is 8.42 Å². The van der Waals surface area contributed by atoms with Crippen molar-refractivity contribution in [3.05, 3.63) is 23.8 Å². The molecule has 0 unspecified atom stereocenters. The molecule has 0 spiro atoms. The van der Waals surface area contributed by atoms with Crippen LogP contribution in [0.1, 0.15) is 18.9 Å². The molecule has 0 bridgehead atoms. The number of benzene rings is 1. The molecule has 0 amide bonds. The molecule has 1 aromatic carbocycles. The topological polar surface area (TPSA) is 49.4 Å². The minimum absolute atomic E-state index is 0.376. The molecule has 0 saturated carbocycles. The average Bonchev–Trinajstić information content (AvgIpc) is 2.76. The molecule has 0 fully saturated rings. The fourth-order valence-corrected chi connectivity index (χ4v) is 3.34. The predicted molar refractivity (Wildman–Crippen MR) is 68.7 cm³/mol. The van der Waals surface area contributed by atoms with Crippen molar-refractivity contribution in [1.29, 1.82) is 0 Å². The van der Waals surface area contributed by atoms with Gasteiger partial charge in [-0.3, -0.25) is 0 Å². The van der Waals surface area contributed by atoms with Crippen LogP contribution in [-0.4, -0.2) is 32.9 Å². The van der Waals surface area contributed by atoms with Crippen molar-refractivity contribution in [2.75, 3.05) is 25.5 Å². The minimum atomic E-state index is -3.33. The fraction of sp³-hybridized carbons (Fsp3) is 0.500. The van der Waals surface area contributed by atoms with E-state index in [0.717, 1.165) is 25.1 Å². The van der Waals surface area contributed by atoms with Gasteiger partial charge in [-0.25, -0.2) is 12.7 Å². The Morgan fingerprint density at radius 1 is 1.41 bits per heavy atom. The molecule has 1 heterocycles. The predicted octanol–water partition coefficient (Wildman–Crippen LogP) is 1.69. The summed E-state index contributed by atoms with van der Waals surface area (Å²) in [6.45, 7) is 3.41. The number of hydrogen-bond acceptors (Lipinski definition) is 3. The summed E-state index contributed by atoms with van der Waals surface area (Å²) in [5.41, 5.74) is 2.15. The van der Waals surface area contributed by atoms with Crippen LogP contribution in [0.5, 0.6) is 0 Å². The molecular weight excluding hydrogens is 236 g/mol. The molecule has 0 aromatic heterocycles. The zero-order valence-electron chi connectivity index (χ0n) is 10.2. The van der Waals surface area contributed by atoms with Gasteiger partial charge in [0.2, 0.25) is 10.0 Å². The second-order valence-corrected chi connectivity index (χ2v) is 6.37. The van der Waals surface area contributed by atoms with Crippen molar-refractivity contribution >= 4 is 15.7 Å². The molecule has 0 aliphatic carbocycles. The van der Waals surface area contributed by atoms with Crippen LogP contribution in [0.4, 0.5) is 5.69 Å². The number of fused-ring (bicyclic) bond motifs is 1.